The van der Waals surface area contributed by atoms with Crippen molar-refractivity contribution in [1.29, 1.82) is 0 Å². The molecule has 5 nitrogen and oxygen atoms in total. The summed E-state index contributed by atoms with van der Waals surface area (Å²) in [6.07, 6.45) is 8.85. The Balaban J connectivity index is 1.32. The maximum absolute atomic E-state index is 12.9. The first-order valence-corrected chi connectivity index (χ1v) is 10.8. The first-order valence-electron chi connectivity index (χ1n) is 10.8. The normalized spacial score (nSPS) is 26.7. The van der Waals surface area contributed by atoms with Crippen molar-refractivity contribution in [3.63, 3.8) is 0 Å². The van der Waals surface area contributed by atoms with E-state index in [1.54, 1.807) is 6.21 Å². The Morgan fingerprint density at radius 2 is 1.74 bits per heavy atom. The van der Waals surface area contributed by atoms with Gasteiger partial charge in [-0.3, -0.25) is 9.59 Å². The third-order valence-electron chi connectivity index (χ3n) is 7.01. The zero-order valence-electron chi connectivity index (χ0n) is 17.3. The molecule has 2 heterocycles. The molecule has 2 amide bonds. The number of benzene rings is 2. The van der Waals surface area contributed by atoms with Crippen LogP contribution in [0.25, 0.3) is 10.9 Å². The average Bonchev–Trinajstić information content (AvgIpc) is 3.51. The van der Waals surface area contributed by atoms with Crippen molar-refractivity contribution in [3.05, 3.63) is 83.6 Å². The molecule has 5 heteroatoms. The third-order valence-corrected chi connectivity index (χ3v) is 7.01. The molecule has 1 aliphatic heterocycles. The Morgan fingerprint density at radius 1 is 1.00 bits per heavy atom. The fourth-order valence-corrected chi connectivity index (χ4v) is 5.64. The van der Waals surface area contributed by atoms with Gasteiger partial charge in [-0.05, 0) is 36.8 Å². The van der Waals surface area contributed by atoms with E-state index in [2.05, 4.69) is 65.1 Å². The fraction of sp³-hybridized carbons (Fsp3) is 0.269. The molecule has 2 bridgehead atoms. The molecule has 3 aliphatic rings. The first-order chi connectivity index (χ1) is 15.1. The van der Waals surface area contributed by atoms with Crippen molar-refractivity contribution in [2.45, 2.75) is 19.9 Å². The van der Waals surface area contributed by atoms with Gasteiger partial charge in [0.25, 0.3) is 11.8 Å². The lowest BCUT2D eigenvalue weighted by molar-refractivity contribution is -0.140. The van der Waals surface area contributed by atoms with E-state index in [-0.39, 0.29) is 35.5 Å². The smallest absolute Gasteiger partial charge is 0.254 e. The number of hydrogen-bond acceptors (Lipinski definition) is 3. The minimum absolute atomic E-state index is 0.147. The largest absolute Gasteiger partial charge is 0.342 e. The maximum atomic E-state index is 12.9. The van der Waals surface area contributed by atoms with Crippen molar-refractivity contribution >= 4 is 28.9 Å². The lowest BCUT2D eigenvalue weighted by Crippen LogP contribution is -2.28. The molecule has 31 heavy (non-hydrogen) atoms. The summed E-state index contributed by atoms with van der Waals surface area (Å²) in [6.45, 7) is 2.84. The molecule has 2 aliphatic carbocycles. The summed E-state index contributed by atoms with van der Waals surface area (Å²) in [5, 5.41) is 6.56. The molecular weight excluding hydrogens is 386 g/mol. The molecule has 1 saturated carbocycles. The molecule has 1 saturated heterocycles. The number of nitrogens with zero attached hydrogens (tertiary/aromatic N) is 3. The number of hydrazone groups is 1. The molecule has 2 aromatic carbocycles. The molecule has 3 aromatic rings. The Kier molecular flexibility index (Phi) is 4.00. The zero-order valence-corrected chi connectivity index (χ0v) is 17.3. The maximum Gasteiger partial charge on any atom is 0.254 e. The highest BCUT2D eigenvalue weighted by molar-refractivity contribution is 6.07. The summed E-state index contributed by atoms with van der Waals surface area (Å²) >= 11 is 0. The lowest BCUT2D eigenvalue weighted by Gasteiger charge is -2.13. The Bertz CT molecular complexity index is 1250. The number of carbonyl (C=O) groups excluding carboxylic acids is 2. The van der Waals surface area contributed by atoms with Gasteiger partial charge < -0.3 is 4.57 Å². The van der Waals surface area contributed by atoms with E-state index in [1.807, 2.05) is 18.3 Å². The van der Waals surface area contributed by atoms with E-state index in [1.165, 1.54) is 11.1 Å². The number of aromatic nitrogens is 1. The molecule has 6 rings (SSSR count). The van der Waals surface area contributed by atoms with Crippen molar-refractivity contribution in [3.8, 4) is 0 Å². The number of carbonyl (C=O) groups is 2. The molecule has 0 spiro atoms. The van der Waals surface area contributed by atoms with Crippen LogP contribution in [0.15, 0.2) is 72.0 Å². The third kappa shape index (κ3) is 2.80. The standard InChI is InChI=1S/C26H23N3O2/c1-16-5-4-6-17(11-16)14-28-15-20(21-7-2-3-8-22(21)28)13-27-29-25(30)23-18-9-10-19(12-18)24(23)26(29)31/h2-11,13,15,18-19,23-24H,12,14H2,1H3/t18-,19-,23-,24+/m0/s1. The van der Waals surface area contributed by atoms with E-state index >= 15 is 0 Å². The number of allylic oxidation sites excluding steroid dienone is 2. The quantitative estimate of drug-likeness (QED) is 0.369. The van der Waals surface area contributed by atoms with E-state index in [9.17, 15) is 9.59 Å². The number of hydrogen-bond donors (Lipinski definition) is 0. The minimum atomic E-state index is -0.220. The van der Waals surface area contributed by atoms with Crippen LogP contribution in [-0.4, -0.2) is 27.6 Å². The second-order valence-corrected chi connectivity index (χ2v) is 8.95. The van der Waals surface area contributed by atoms with Crippen LogP contribution < -0.4 is 0 Å². The van der Waals surface area contributed by atoms with Crippen LogP contribution in [0.5, 0.6) is 0 Å². The molecule has 2 fully saturated rings. The van der Waals surface area contributed by atoms with Crippen LogP contribution in [0.1, 0.15) is 23.1 Å². The van der Waals surface area contributed by atoms with Gasteiger partial charge in [-0.1, -0.05) is 60.2 Å². The molecule has 0 radical (unpaired) electrons. The summed E-state index contributed by atoms with van der Waals surface area (Å²) < 4.78 is 2.19. The van der Waals surface area contributed by atoms with Crippen molar-refractivity contribution in [2.24, 2.45) is 28.8 Å². The summed E-state index contributed by atoms with van der Waals surface area (Å²) in [5.74, 6) is -0.339. The van der Waals surface area contributed by atoms with Crippen LogP contribution in [-0.2, 0) is 16.1 Å². The second-order valence-electron chi connectivity index (χ2n) is 8.95. The predicted octanol–water partition coefficient (Wildman–Crippen LogP) is 4.14. The average molecular weight is 409 g/mol. The summed E-state index contributed by atoms with van der Waals surface area (Å²) in [6, 6.07) is 16.6. The van der Waals surface area contributed by atoms with Crippen LogP contribution in [0, 0.1) is 30.6 Å². The number of aryl methyl sites for hydroxylation is 1. The van der Waals surface area contributed by atoms with Gasteiger partial charge in [0.2, 0.25) is 0 Å². The molecule has 1 aromatic heterocycles. The minimum Gasteiger partial charge on any atom is -0.342 e. The molecule has 4 atom stereocenters. The molecule has 154 valence electrons. The van der Waals surface area contributed by atoms with Gasteiger partial charge in [-0.15, -0.1) is 0 Å². The highest BCUT2D eigenvalue weighted by Crippen LogP contribution is 2.52. The number of amides is 2. The summed E-state index contributed by atoms with van der Waals surface area (Å²) in [5.41, 5.74) is 4.46. The van der Waals surface area contributed by atoms with Gasteiger partial charge in [0.1, 0.15) is 0 Å². The van der Waals surface area contributed by atoms with Gasteiger partial charge in [-0.2, -0.15) is 10.1 Å². The van der Waals surface area contributed by atoms with E-state index < -0.39 is 0 Å². The molecule has 0 N–H and O–H groups in total. The monoisotopic (exact) mass is 409 g/mol. The van der Waals surface area contributed by atoms with Gasteiger partial charge in [-0.25, -0.2) is 0 Å². The van der Waals surface area contributed by atoms with Gasteiger partial charge >= 0.3 is 0 Å². The van der Waals surface area contributed by atoms with E-state index in [4.69, 9.17) is 0 Å². The highest BCUT2D eigenvalue weighted by atomic mass is 16.2. The number of rotatable bonds is 4. The number of fused-ring (bicyclic) bond motifs is 6. The summed E-state index contributed by atoms with van der Waals surface area (Å²) in [4.78, 5) is 25.8. The van der Waals surface area contributed by atoms with Gasteiger partial charge in [0.05, 0.1) is 18.1 Å². The van der Waals surface area contributed by atoms with Crippen molar-refractivity contribution < 1.29 is 9.59 Å². The first kappa shape index (κ1) is 18.3. The van der Waals surface area contributed by atoms with Crippen molar-refractivity contribution in [1.82, 2.24) is 9.58 Å². The van der Waals surface area contributed by atoms with Crippen LogP contribution >= 0.6 is 0 Å². The molecule has 0 unspecified atom stereocenters. The summed E-state index contributed by atoms with van der Waals surface area (Å²) in [7, 11) is 0. The number of imide groups is 1. The Hall–Kier alpha value is -3.47. The van der Waals surface area contributed by atoms with Crippen LogP contribution in [0.4, 0.5) is 0 Å². The Morgan fingerprint density at radius 3 is 2.48 bits per heavy atom. The van der Waals surface area contributed by atoms with Crippen LogP contribution in [0.2, 0.25) is 0 Å². The van der Waals surface area contributed by atoms with E-state index in [0.29, 0.717) is 0 Å². The fourth-order valence-electron chi connectivity index (χ4n) is 5.64. The number of para-hydroxylation sites is 1. The van der Waals surface area contributed by atoms with Gasteiger partial charge in [0.15, 0.2) is 0 Å². The van der Waals surface area contributed by atoms with Crippen LogP contribution in [0.3, 0.4) is 0 Å². The van der Waals surface area contributed by atoms with Crippen molar-refractivity contribution in [2.75, 3.05) is 0 Å². The topological polar surface area (TPSA) is 54.7 Å². The SMILES string of the molecule is Cc1cccc(Cn2cc(C=NN3C(=O)[C@@H]4[C@H](C3=O)[C@H]3C=C[C@H]4C3)c3ccccc32)c1. The zero-order chi connectivity index (χ0) is 21.1. The lowest BCUT2D eigenvalue weighted by atomic mass is 9.85. The predicted molar refractivity (Wildman–Crippen MR) is 119 cm³/mol. The highest BCUT2D eigenvalue weighted by Gasteiger charge is 2.59. The van der Waals surface area contributed by atoms with E-state index in [0.717, 1.165) is 34.4 Å². The second kappa shape index (κ2) is 6.77. The van der Waals surface area contributed by atoms with Gasteiger partial charge in [0, 0.05) is 29.2 Å². The molecular formula is C26H23N3O2. The Labute approximate surface area is 180 Å².